The fourth-order valence-corrected chi connectivity index (χ4v) is 3.36. The number of benzene rings is 1. The van der Waals surface area contributed by atoms with Gasteiger partial charge in [-0.15, -0.1) is 0 Å². The predicted octanol–water partition coefficient (Wildman–Crippen LogP) is 5.55. The first-order chi connectivity index (χ1) is 9.33. The molecule has 0 aromatic heterocycles. The summed E-state index contributed by atoms with van der Waals surface area (Å²) < 4.78 is 5.33. The first-order valence-electron chi connectivity index (χ1n) is 7.97. The van der Waals surface area contributed by atoms with Crippen molar-refractivity contribution < 1.29 is 4.74 Å². The third-order valence-corrected chi connectivity index (χ3v) is 4.63. The van der Waals surface area contributed by atoms with Gasteiger partial charge >= 0.3 is 0 Å². The van der Waals surface area contributed by atoms with Crippen LogP contribution in [0.2, 0.25) is 0 Å². The van der Waals surface area contributed by atoms with Crippen molar-refractivity contribution in [2.24, 2.45) is 5.92 Å². The topological polar surface area (TPSA) is 9.23 Å². The summed E-state index contributed by atoms with van der Waals surface area (Å²) in [5.41, 5.74) is 1.48. The number of methoxy groups -OCH3 is 1. The van der Waals surface area contributed by atoms with Gasteiger partial charge < -0.3 is 4.74 Å². The van der Waals surface area contributed by atoms with Gasteiger partial charge in [0.15, 0.2) is 0 Å². The molecule has 1 aliphatic rings. The molecule has 1 aromatic carbocycles. The Morgan fingerprint density at radius 3 is 2.58 bits per heavy atom. The highest BCUT2D eigenvalue weighted by Crippen LogP contribution is 2.38. The monoisotopic (exact) mass is 260 g/mol. The quantitative estimate of drug-likeness (QED) is 0.609. The number of hydrogen-bond acceptors (Lipinski definition) is 1. The average molecular weight is 260 g/mol. The second-order valence-electron chi connectivity index (χ2n) is 5.99. The molecule has 1 fully saturated rings. The lowest BCUT2D eigenvalue weighted by Crippen LogP contribution is -2.13. The smallest absolute Gasteiger partial charge is 0.119 e. The molecule has 0 spiro atoms. The molecule has 0 bridgehead atoms. The summed E-state index contributed by atoms with van der Waals surface area (Å²) in [6.07, 6.45) is 11.2. The summed E-state index contributed by atoms with van der Waals surface area (Å²) in [5, 5.41) is 0. The third-order valence-electron chi connectivity index (χ3n) is 4.63. The zero-order chi connectivity index (χ0) is 13.5. The lowest BCUT2D eigenvalue weighted by Gasteiger charge is -2.29. The number of rotatable bonds is 6. The van der Waals surface area contributed by atoms with Crippen LogP contribution in [0.15, 0.2) is 24.3 Å². The Balaban J connectivity index is 1.82. The van der Waals surface area contributed by atoms with Crippen molar-refractivity contribution in [3.05, 3.63) is 29.8 Å². The third kappa shape index (κ3) is 4.26. The lowest BCUT2D eigenvalue weighted by atomic mass is 9.77. The first-order valence-corrected chi connectivity index (χ1v) is 7.97. The minimum Gasteiger partial charge on any atom is -0.497 e. The molecular formula is C18H28O. The first kappa shape index (κ1) is 14.4. The maximum absolute atomic E-state index is 5.33. The fourth-order valence-electron chi connectivity index (χ4n) is 3.36. The standard InChI is InChI=1S/C18H28O/c1-3-4-5-7-15-10-12-16(13-11-15)17-8-6-9-18(14-17)19-2/h6,8-9,14-16H,3-5,7,10-13H2,1-2H3. The molecule has 0 N–H and O–H groups in total. The molecule has 0 heterocycles. The highest BCUT2D eigenvalue weighted by Gasteiger charge is 2.22. The predicted molar refractivity (Wildman–Crippen MR) is 81.8 cm³/mol. The minimum atomic E-state index is 0.762. The molecule has 1 nitrogen and oxygen atoms in total. The Bertz CT molecular complexity index is 364. The van der Waals surface area contributed by atoms with Crippen LogP contribution in [0.25, 0.3) is 0 Å². The van der Waals surface area contributed by atoms with E-state index in [0.29, 0.717) is 0 Å². The molecule has 106 valence electrons. The van der Waals surface area contributed by atoms with Crippen molar-refractivity contribution in [1.29, 1.82) is 0 Å². The summed E-state index contributed by atoms with van der Waals surface area (Å²) >= 11 is 0. The van der Waals surface area contributed by atoms with E-state index in [2.05, 4.69) is 25.1 Å². The SMILES string of the molecule is CCCCCC1CCC(c2cccc(OC)c2)CC1. The summed E-state index contributed by atoms with van der Waals surface area (Å²) in [5.74, 6) is 2.76. The number of hydrogen-bond donors (Lipinski definition) is 0. The van der Waals surface area contributed by atoms with Gasteiger partial charge in [0, 0.05) is 0 Å². The van der Waals surface area contributed by atoms with Crippen LogP contribution < -0.4 is 4.74 Å². The van der Waals surface area contributed by atoms with Gasteiger partial charge in [0.05, 0.1) is 7.11 Å². The van der Waals surface area contributed by atoms with Crippen molar-refractivity contribution in [2.75, 3.05) is 7.11 Å². The van der Waals surface area contributed by atoms with Gasteiger partial charge in [-0.05, 0) is 55.2 Å². The molecule has 0 aliphatic heterocycles. The maximum atomic E-state index is 5.33. The zero-order valence-electron chi connectivity index (χ0n) is 12.5. The van der Waals surface area contributed by atoms with E-state index >= 15 is 0 Å². The average Bonchev–Trinajstić information content (AvgIpc) is 2.48. The van der Waals surface area contributed by atoms with E-state index in [4.69, 9.17) is 4.74 Å². The maximum Gasteiger partial charge on any atom is 0.119 e. The molecule has 0 radical (unpaired) electrons. The van der Waals surface area contributed by atoms with Gasteiger partial charge in [-0.1, -0.05) is 44.7 Å². The molecule has 0 amide bonds. The van der Waals surface area contributed by atoms with E-state index in [1.807, 2.05) is 6.07 Å². The van der Waals surface area contributed by atoms with Crippen molar-refractivity contribution in [1.82, 2.24) is 0 Å². The molecule has 1 aliphatic carbocycles. The van der Waals surface area contributed by atoms with E-state index in [9.17, 15) is 0 Å². The Kier molecular flexibility index (Phi) is 5.75. The molecule has 0 unspecified atom stereocenters. The molecule has 1 heteroatoms. The van der Waals surface area contributed by atoms with Crippen LogP contribution in [0.1, 0.15) is 69.8 Å². The van der Waals surface area contributed by atoms with Crippen LogP contribution in [0.3, 0.4) is 0 Å². The van der Waals surface area contributed by atoms with Crippen LogP contribution in [0.5, 0.6) is 5.75 Å². The fraction of sp³-hybridized carbons (Fsp3) is 0.667. The minimum absolute atomic E-state index is 0.762. The molecule has 19 heavy (non-hydrogen) atoms. The second kappa shape index (κ2) is 7.57. The van der Waals surface area contributed by atoms with Crippen LogP contribution in [-0.4, -0.2) is 7.11 Å². The van der Waals surface area contributed by atoms with E-state index in [-0.39, 0.29) is 0 Å². The lowest BCUT2D eigenvalue weighted by molar-refractivity contribution is 0.302. The molecule has 0 atom stereocenters. The Hall–Kier alpha value is -0.980. The Labute approximate surface area is 118 Å². The van der Waals surface area contributed by atoms with Gasteiger partial charge in [0.2, 0.25) is 0 Å². The van der Waals surface area contributed by atoms with Crippen LogP contribution in [-0.2, 0) is 0 Å². The highest BCUT2D eigenvalue weighted by atomic mass is 16.5. The van der Waals surface area contributed by atoms with Gasteiger partial charge in [-0.25, -0.2) is 0 Å². The normalized spacial score (nSPS) is 23.3. The van der Waals surface area contributed by atoms with Crippen LogP contribution in [0, 0.1) is 5.92 Å². The number of ether oxygens (including phenoxy) is 1. The summed E-state index contributed by atoms with van der Waals surface area (Å²) in [6.45, 7) is 2.29. The van der Waals surface area contributed by atoms with E-state index in [1.165, 1.54) is 56.9 Å². The summed E-state index contributed by atoms with van der Waals surface area (Å²) in [6, 6.07) is 8.66. The number of unbranched alkanes of at least 4 members (excludes halogenated alkanes) is 2. The van der Waals surface area contributed by atoms with Gasteiger partial charge in [0.1, 0.15) is 5.75 Å². The molecule has 1 saturated carbocycles. The second-order valence-corrected chi connectivity index (χ2v) is 5.99. The van der Waals surface area contributed by atoms with Gasteiger partial charge in [-0.3, -0.25) is 0 Å². The zero-order valence-corrected chi connectivity index (χ0v) is 12.5. The molecule has 0 saturated heterocycles. The van der Waals surface area contributed by atoms with Gasteiger partial charge in [-0.2, -0.15) is 0 Å². The Morgan fingerprint density at radius 1 is 1.11 bits per heavy atom. The van der Waals surface area contributed by atoms with E-state index < -0.39 is 0 Å². The van der Waals surface area contributed by atoms with Crippen molar-refractivity contribution >= 4 is 0 Å². The van der Waals surface area contributed by atoms with E-state index in [0.717, 1.165) is 17.6 Å². The highest BCUT2D eigenvalue weighted by molar-refractivity contribution is 5.31. The van der Waals surface area contributed by atoms with E-state index in [1.54, 1.807) is 7.11 Å². The largest absolute Gasteiger partial charge is 0.497 e. The molecular weight excluding hydrogens is 232 g/mol. The van der Waals surface area contributed by atoms with Crippen LogP contribution >= 0.6 is 0 Å². The molecule has 1 aromatic rings. The van der Waals surface area contributed by atoms with Crippen LogP contribution in [0.4, 0.5) is 0 Å². The summed E-state index contributed by atoms with van der Waals surface area (Å²) in [7, 11) is 1.75. The van der Waals surface area contributed by atoms with Crippen molar-refractivity contribution in [2.45, 2.75) is 64.2 Å². The van der Waals surface area contributed by atoms with Crippen molar-refractivity contribution in [3.8, 4) is 5.75 Å². The summed E-state index contributed by atoms with van der Waals surface area (Å²) in [4.78, 5) is 0. The van der Waals surface area contributed by atoms with Crippen molar-refractivity contribution in [3.63, 3.8) is 0 Å². The van der Waals surface area contributed by atoms with Gasteiger partial charge in [0.25, 0.3) is 0 Å². The molecule has 2 rings (SSSR count). The Morgan fingerprint density at radius 2 is 1.89 bits per heavy atom.